The number of anilines is 1. The lowest BCUT2D eigenvalue weighted by Crippen LogP contribution is -2.37. The summed E-state index contributed by atoms with van der Waals surface area (Å²) < 4.78 is 12.2. The fourth-order valence-corrected chi connectivity index (χ4v) is 3.63. The molecule has 1 aliphatic rings. The summed E-state index contributed by atoms with van der Waals surface area (Å²) in [6.07, 6.45) is 6.39. The van der Waals surface area contributed by atoms with E-state index < -0.39 is 10.8 Å². The fourth-order valence-electron chi connectivity index (χ4n) is 2.44. The maximum atomic E-state index is 12.2. The molecule has 4 nitrogen and oxygen atoms in total. The molecule has 2 heterocycles. The first-order valence-corrected chi connectivity index (χ1v) is 7.79. The third kappa shape index (κ3) is 3.29. The van der Waals surface area contributed by atoms with E-state index in [9.17, 15) is 4.21 Å². The zero-order chi connectivity index (χ0) is 13.0. The second kappa shape index (κ2) is 6.29. The summed E-state index contributed by atoms with van der Waals surface area (Å²) in [5.41, 5.74) is 6.33. The summed E-state index contributed by atoms with van der Waals surface area (Å²) in [7, 11) is 1.08. The number of hydrogen-bond donors (Lipinski definition) is 1. The Bertz CT molecular complexity index is 424. The third-order valence-corrected chi connectivity index (χ3v) is 4.95. The van der Waals surface area contributed by atoms with E-state index in [1.165, 1.54) is 19.3 Å². The SMILES string of the molecule is CN1CCCCC1CCS(=O)c1ncccc1N. The minimum absolute atomic E-state index is 0.535. The maximum Gasteiger partial charge on any atom is 0.150 e. The van der Waals surface area contributed by atoms with Crippen LogP contribution < -0.4 is 5.73 Å². The van der Waals surface area contributed by atoms with Gasteiger partial charge in [-0.05, 0) is 45.0 Å². The van der Waals surface area contributed by atoms with Crippen molar-refractivity contribution in [3.63, 3.8) is 0 Å². The molecule has 0 aliphatic carbocycles. The summed E-state index contributed by atoms with van der Waals surface area (Å²) >= 11 is 0. The van der Waals surface area contributed by atoms with Crippen molar-refractivity contribution in [2.45, 2.75) is 36.8 Å². The van der Waals surface area contributed by atoms with Crippen molar-refractivity contribution in [2.75, 3.05) is 25.1 Å². The predicted molar refractivity (Wildman–Crippen MR) is 74.8 cm³/mol. The van der Waals surface area contributed by atoms with Crippen LogP contribution in [0.15, 0.2) is 23.4 Å². The zero-order valence-electron chi connectivity index (χ0n) is 10.8. The first-order valence-electron chi connectivity index (χ1n) is 6.47. The monoisotopic (exact) mass is 267 g/mol. The zero-order valence-corrected chi connectivity index (χ0v) is 11.7. The second-order valence-electron chi connectivity index (χ2n) is 4.87. The highest BCUT2D eigenvalue weighted by atomic mass is 32.2. The number of hydrogen-bond acceptors (Lipinski definition) is 4. The average Bonchev–Trinajstić information content (AvgIpc) is 2.38. The van der Waals surface area contributed by atoms with Gasteiger partial charge in [-0.2, -0.15) is 0 Å². The summed E-state index contributed by atoms with van der Waals surface area (Å²) in [4.78, 5) is 6.50. The molecule has 2 atom stereocenters. The van der Waals surface area contributed by atoms with Gasteiger partial charge in [0.05, 0.1) is 16.5 Å². The molecule has 2 rings (SSSR count). The van der Waals surface area contributed by atoms with Crippen LogP contribution in [0.5, 0.6) is 0 Å². The van der Waals surface area contributed by atoms with Crippen molar-refractivity contribution in [1.29, 1.82) is 0 Å². The van der Waals surface area contributed by atoms with Crippen LogP contribution in [0.4, 0.5) is 5.69 Å². The molecule has 0 saturated carbocycles. The lowest BCUT2D eigenvalue weighted by Gasteiger charge is -2.32. The van der Waals surface area contributed by atoms with E-state index in [4.69, 9.17) is 5.73 Å². The van der Waals surface area contributed by atoms with Crippen molar-refractivity contribution in [1.82, 2.24) is 9.88 Å². The van der Waals surface area contributed by atoms with Crippen LogP contribution in [-0.4, -0.2) is 39.5 Å². The van der Waals surface area contributed by atoms with Gasteiger partial charge < -0.3 is 10.6 Å². The van der Waals surface area contributed by atoms with Gasteiger partial charge in [0, 0.05) is 18.0 Å². The van der Waals surface area contributed by atoms with Gasteiger partial charge in [-0.25, -0.2) is 4.98 Å². The normalized spacial score (nSPS) is 22.8. The topological polar surface area (TPSA) is 59.2 Å². The Kier molecular flexibility index (Phi) is 4.72. The molecule has 1 saturated heterocycles. The molecule has 100 valence electrons. The highest BCUT2D eigenvalue weighted by molar-refractivity contribution is 7.85. The van der Waals surface area contributed by atoms with Crippen LogP contribution in [0.1, 0.15) is 25.7 Å². The van der Waals surface area contributed by atoms with E-state index in [2.05, 4.69) is 16.9 Å². The van der Waals surface area contributed by atoms with E-state index in [0.29, 0.717) is 22.5 Å². The summed E-state index contributed by atoms with van der Waals surface area (Å²) in [5, 5.41) is 0.538. The van der Waals surface area contributed by atoms with Crippen LogP contribution in [0.25, 0.3) is 0 Å². The minimum Gasteiger partial charge on any atom is -0.396 e. The van der Waals surface area contributed by atoms with Crippen molar-refractivity contribution >= 4 is 16.5 Å². The van der Waals surface area contributed by atoms with Crippen molar-refractivity contribution in [3.05, 3.63) is 18.3 Å². The molecule has 0 amide bonds. The highest BCUT2D eigenvalue weighted by Crippen LogP contribution is 2.20. The number of likely N-dealkylation sites (tertiary alicyclic amines) is 1. The van der Waals surface area contributed by atoms with Crippen LogP contribution >= 0.6 is 0 Å². The van der Waals surface area contributed by atoms with Gasteiger partial charge in [0.1, 0.15) is 5.03 Å². The van der Waals surface area contributed by atoms with Gasteiger partial charge in [-0.15, -0.1) is 0 Å². The lowest BCUT2D eigenvalue weighted by atomic mass is 10.0. The highest BCUT2D eigenvalue weighted by Gasteiger charge is 2.20. The van der Waals surface area contributed by atoms with Gasteiger partial charge in [0.15, 0.2) is 0 Å². The van der Waals surface area contributed by atoms with Crippen molar-refractivity contribution < 1.29 is 4.21 Å². The molecule has 0 radical (unpaired) electrons. The van der Waals surface area contributed by atoms with Gasteiger partial charge in [-0.1, -0.05) is 6.42 Å². The number of nitrogens with two attached hydrogens (primary N) is 1. The molecule has 1 aliphatic heterocycles. The fraction of sp³-hybridized carbons (Fsp3) is 0.615. The average molecular weight is 267 g/mol. The maximum absolute atomic E-state index is 12.2. The number of piperidine rings is 1. The first kappa shape index (κ1) is 13.5. The lowest BCUT2D eigenvalue weighted by molar-refractivity contribution is 0.182. The van der Waals surface area contributed by atoms with E-state index in [1.807, 2.05) is 0 Å². The van der Waals surface area contributed by atoms with Crippen LogP contribution in [0.2, 0.25) is 0 Å². The summed E-state index contributed by atoms with van der Waals surface area (Å²) in [5.74, 6) is 0.649. The minimum atomic E-state index is -1.07. The molecule has 0 spiro atoms. The summed E-state index contributed by atoms with van der Waals surface area (Å²) in [6, 6.07) is 4.09. The Morgan fingerprint density at radius 1 is 1.56 bits per heavy atom. The molecule has 0 bridgehead atoms. The van der Waals surface area contributed by atoms with Gasteiger partial charge in [0.25, 0.3) is 0 Å². The summed E-state index contributed by atoms with van der Waals surface area (Å²) in [6.45, 7) is 1.16. The molecular formula is C13H21N3OS. The van der Waals surface area contributed by atoms with E-state index in [0.717, 1.165) is 13.0 Å². The third-order valence-electron chi connectivity index (χ3n) is 3.57. The predicted octanol–water partition coefficient (Wildman–Crippen LogP) is 1.65. The molecule has 0 aromatic carbocycles. The molecule has 5 heteroatoms. The van der Waals surface area contributed by atoms with Crippen molar-refractivity contribution in [3.8, 4) is 0 Å². The largest absolute Gasteiger partial charge is 0.396 e. The van der Waals surface area contributed by atoms with Gasteiger partial charge >= 0.3 is 0 Å². The molecule has 2 N–H and O–H groups in total. The smallest absolute Gasteiger partial charge is 0.150 e. The Hall–Kier alpha value is -0.940. The van der Waals surface area contributed by atoms with Gasteiger partial charge in [0.2, 0.25) is 0 Å². The van der Waals surface area contributed by atoms with E-state index in [1.54, 1.807) is 18.3 Å². The van der Waals surface area contributed by atoms with E-state index in [-0.39, 0.29) is 0 Å². The molecule has 2 unspecified atom stereocenters. The molecule has 18 heavy (non-hydrogen) atoms. The number of aromatic nitrogens is 1. The van der Waals surface area contributed by atoms with Crippen LogP contribution in [0.3, 0.4) is 0 Å². The standard InChI is InChI=1S/C13H21N3OS/c1-16-9-3-2-5-11(16)7-10-18(17)13-12(14)6-4-8-15-13/h4,6,8,11H,2-3,5,7,9-10,14H2,1H3. The quantitative estimate of drug-likeness (QED) is 0.901. The molecule has 1 aromatic heterocycles. The number of pyridine rings is 1. The molecule has 1 aromatic rings. The number of nitrogens with zero attached hydrogens (tertiary/aromatic N) is 2. The van der Waals surface area contributed by atoms with E-state index >= 15 is 0 Å². The Balaban J connectivity index is 1.90. The first-order chi connectivity index (χ1) is 8.68. The Morgan fingerprint density at radius 2 is 2.39 bits per heavy atom. The van der Waals surface area contributed by atoms with Gasteiger partial charge in [-0.3, -0.25) is 4.21 Å². The Labute approximate surface area is 111 Å². The number of nitrogen functional groups attached to an aromatic ring is 1. The number of rotatable bonds is 4. The van der Waals surface area contributed by atoms with Crippen LogP contribution in [-0.2, 0) is 10.8 Å². The van der Waals surface area contributed by atoms with Crippen molar-refractivity contribution in [2.24, 2.45) is 0 Å². The molecular weight excluding hydrogens is 246 g/mol. The van der Waals surface area contributed by atoms with Crippen LogP contribution in [0, 0.1) is 0 Å². The Morgan fingerprint density at radius 3 is 3.11 bits per heavy atom. The second-order valence-corrected chi connectivity index (χ2v) is 6.35. The molecule has 1 fully saturated rings.